The first kappa shape index (κ1) is 18.1. The molecule has 3 unspecified atom stereocenters. The number of amides is 2. The number of rotatable bonds is 7. The second-order valence-corrected chi connectivity index (χ2v) is 6.35. The molecule has 1 rings (SSSR count). The lowest BCUT2D eigenvalue weighted by atomic mass is 10.0. The fourth-order valence-electron chi connectivity index (χ4n) is 2.47. The summed E-state index contributed by atoms with van der Waals surface area (Å²) in [4.78, 5) is 27.4. The van der Waals surface area contributed by atoms with Gasteiger partial charge in [-0.2, -0.15) is 11.8 Å². The van der Waals surface area contributed by atoms with Gasteiger partial charge in [0.1, 0.15) is 5.92 Å². The number of aliphatic carboxylic acids is 1. The van der Waals surface area contributed by atoms with Gasteiger partial charge in [-0.3, -0.25) is 4.79 Å². The summed E-state index contributed by atoms with van der Waals surface area (Å²) >= 11 is 1.69. The maximum absolute atomic E-state index is 12.7. The topological polar surface area (TPSA) is 70.1 Å². The van der Waals surface area contributed by atoms with Crippen LogP contribution in [0.15, 0.2) is 0 Å². The molecule has 1 aliphatic heterocycles. The van der Waals surface area contributed by atoms with E-state index in [0.717, 1.165) is 12.2 Å². The van der Waals surface area contributed by atoms with Crippen LogP contribution in [-0.4, -0.2) is 77.8 Å². The molecule has 0 saturated carbocycles. The molecule has 0 bridgehead atoms. The highest BCUT2D eigenvalue weighted by Crippen LogP contribution is 2.22. The lowest BCUT2D eigenvalue weighted by Crippen LogP contribution is -2.53. The first-order chi connectivity index (χ1) is 9.93. The predicted octanol–water partition coefficient (Wildman–Crippen LogP) is 1.60. The molecule has 1 N–H and O–H groups in total. The number of ether oxygens (including phenoxy) is 1. The van der Waals surface area contributed by atoms with Gasteiger partial charge in [-0.15, -0.1) is 0 Å². The quantitative estimate of drug-likeness (QED) is 0.772. The summed E-state index contributed by atoms with van der Waals surface area (Å²) in [5, 5.41) is 9.28. The van der Waals surface area contributed by atoms with Crippen molar-refractivity contribution in [3.63, 3.8) is 0 Å². The van der Waals surface area contributed by atoms with Gasteiger partial charge >= 0.3 is 12.0 Å². The number of hydrogen-bond donors (Lipinski definition) is 1. The summed E-state index contributed by atoms with van der Waals surface area (Å²) in [7, 11) is 1.78. The van der Waals surface area contributed by atoms with Crippen molar-refractivity contribution in [2.45, 2.75) is 32.4 Å². The minimum absolute atomic E-state index is 0.109. The van der Waals surface area contributed by atoms with E-state index < -0.39 is 11.9 Å². The Kier molecular flexibility index (Phi) is 7.31. The van der Waals surface area contributed by atoms with Crippen molar-refractivity contribution in [3.8, 4) is 0 Å². The molecule has 0 aromatic rings. The molecular formula is C14H26N2O4S. The van der Waals surface area contributed by atoms with Crippen molar-refractivity contribution in [3.05, 3.63) is 0 Å². The van der Waals surface area contributed by atoms with Gasteiger partial charge in [0.15, 0.2) is 0 Å². The molecule has 0 spiro atoms. The van der Waals surface area contributed by atoms with Gasteiger partial charge in [-0.25, -0.2) is 4.79 Å². The summed E-state index contributed by atoms with van der Waals surface area (Å²) in [5.41, 5.74) is 0. The lowest BCUT2D eigenvalue weighted by molar-refractivity contribution is -0.142. The minimum Gasteiger partial charge on any atom is -0.481 e. The van der Waals surface area contributed by atoms with E-state index in [4.69, 9.17) is 4.74 Å². The molecule has 2 amide bonds. The molecule has 1 aliphatic rings. The molecule has 0 aliphatic carbocycles. The maximum Gasteiger partial charge on any atom is 0.320 e. The van der Waals surface area contributed by atoms with Gasteiger partial charge in [0.25, 0.3) is 0 Å². The van der Waals surface area contributed by atoms with E-state index in [1.807, 2.05) is 20.1 Å². The van der Waals surface area contributed by atoms with Crippen molar-refractivity contribution in [2.24, 2.45) is 5.92 Å². The van der Waals surface area contributed by atoms with Crippen LogP contribution in [0.3, 0.4) is 0 Å². The maximum atomic E-state index is 12.7. The van der Waals surface area contributed by atoms with Crippen LogP contribution in [0.25, 0.3) is 0 Å². The smallest absolute Gasteiger partial charge is 0.320 e. The first-order valence-electron chi connectivity index (χ1n) is 7.26. The van der Waals surface area contributed by atoms with Crippen LogP contribution in [0.1, 0.15) is 20.3 Å². The number of urea groups is 1. The van der Waals surface area contributed by atoms with Gasteiger partial charge < -0.3 is 19.6 Å². The van der Waals surface area contributed by atoms with E-state index in [1.165, 1.54) is 0 Å². The van der Waals surface area contributed by atoms with Gasteiger partial charge in [0.2, 0.25) is 0 Å². The van der Waals surface area contributed by atoms with Crippen LogP contribution in [0, 0.1) is 5.92 Å². The van der Waals surface area contributed by atoms with Gasteiger partial charge in [-0.1, -0.05) is 6.92 Å². The first-order valence-corrected chi connectivity index (χ1v) is 8.66. The van der Waals surface area contributed by atoms with Gasteiger partial charge in [-0.05, 0) is 19.6 Å². The summed E-state index contributed by atoms with van der Waals surface area (Å²) in [6, 6.07) is -0.378. The molecule has 1 saturated heterocycles. The number of carboxylic acid groups (broad SMARTS) is 1. The van der Waals surface area contributed by atoms with E-state index in [2.05, 4.69) is 0 Å². The Morgan fingerprint density at radius 1 is 1.43 bits per heavy atom. The average Bonchev–Trinajstić information content (AvgIpc) is 2.92. The fourth-order valence-corrected chi connectivity index (χ4v) is 3.18. The monoisotopic (exact) mass is 318 g/mol. The Hall–Kier alpha value is -0.950. The third-order valence-electron chi connectivity index (χ3n) is 3.85. The summed E-state index contributed by atoms with van der Waals surface area (Å²) in [6.07, 6.45) is 2.79. The fraction of sp³-hybridized carbons (Fsp3) is 0.857. The van der Waals surface area contributed by atoms with E-state index in [1.54, 1.807) is 28.6 Å². The molecule has 0 aromatic heterocycles. The van der Waals surface area contributed by atoms with E-state index in [-0.39, 0.29) is 24.7 Å². The van der Waals surface area contributed by atoms with E-state index in [0.29, 0.717) is 13.2 Å². The number of thioether (sulfide) groups is 1. The largest absolute Gasteiger partial charge is 0.481 e. The summed E-state index contributed by atoms with van der Waals surface area (Å²) in [5.74, 6) is -0.679. The Balaban J connectivity index is 2.84. The minimum atomic E-state index is -0.897. The number of carboxylic acids is 1. The third-order valence-corrected chi connectivity index (χ3v) is 4.66. The molecule has 0 radical (unpaired) electrons. The normalized spacial score (nSPS) is 22.9. The zero-order valence-electron chi connectivity index (χ0n) is 13.2. The van der Waals surface area contributed by atoms with Crippen LogP contribution in [-0.2, 0) is 9.53 Å². The summed E-state index contributed by atoms with van der Waals surface area (Å²) in [6.45, 7) is 5.01. The standard InChI is InChI=1S/C14H26N2O4S/c1-5-6-16(12-8-20-7-11(12)13(17)18)14(19)15(3)10(2)9-21-4/h10-12H,5-9H2,1-4H3,(H,17,18). The zero-order valence-corrected chi connectivity index (χ0v) is 14.1. The van der Waals surface area contributed by atoms with Gasteiger partial charge in [0.05, 0.1) is 19.3 Å². The Morgan fingerprint density at radius 2 is 2.10 bits per heavy atom. The molecule has 3 atom stereocenters. The molecule has 7 heteroatoms. The second-order valence-electron chi connectivity index (χ2n) is 5.44. The summed E-state index contributed by atoms with van der Waals surface area (Å²) < 4.78 is 5.30. The number of carbonyl (C=O) groups is 2. The van der Waals surface area contributed by atoms with Crippen LogP contribution >= 0.6 is 11.8 Å². The highest BCUT2D eigenvalue weighted by molar-refractivity contribution is 7.98. The average molecular weight is 318 g/mol. The Morgan fingerprint density at radius 3 is 2.62 bits per heavy atom. The lowest BCUT2D eigenvalue weighted by Gasteiger charge is -2.36. The number of nitrogens with zero attached hydrogens (tertiary/aromatic N) is 2. The van der Waals surface area contributed by atoms with Crippen LogP contribution in [0.2, 0.25) is 0 Å². The Bertz CT molecular complexity index is 367. The van der Waals surface area contributed by atoms with Crippen molar-refractivity contribution in [2.75, 3.05) is 38.8 Å². The third kappa shape index (κ3) is 4.51. The molecule has 6 nitrogen and oxygen atoms in total. The van der Waals surface area contributed by atoms with Crippen molar-refractivity contribution >= 4 is 23.8 Å². The molecular weight excluding hydrogens is 292 g/mol. The molecule has 122 valence electrons. The van der Waals surface area contributed by atoms with E-state index in [9.17, 15) is 14.7 Å². The highest BCUT2D eigenvalue weighted by Gasteiger charge is 2.40. The second kappa shape index (κ2) is 8.48. The number of carbonyl (C=O) groups excluding carboxylic acids is 1. The molecule has 1 heterocycles. The predicted molar refractivity (Wildman–Crippen MR) is 83.7 cm³/mol. The highest BCUT2D eigenvalue weighted by atomic mass is 32.2. The number of hydrogen-bond acceptors (Lipinski definition) is 4. The SMILES string of the molecule is CCCN(C(=O)N(C)C(C)CSC)C1COCC1C(=O)O. The molecule has 0 aromatic carbocycles. The van der Waals surface area contributed by atoms with Crippen LogP contribution < -0.4 is 0 Å². The van der Waals surface area contributed by atoms with Crippen molar-refractivity contribution in [1.29, 1.82) is 0 Å². The van der Waals surface area contributed by atoms with Crippen molar-refractivity contribution in [1.82, 2.24) is 9.80 Å². The van der Waals surface area contributed by atoms with Gasteiger partial charge in [0, 0.05) is 25.4 Å². The van der Waals surface area contributed by atoms with Crippen LogP contribution in [0.4, 0.5) is 4.79 Å². The molecule has 21 heavy (non-hydrogen) atoms. The van der Waals surface area contributed by atoms with E-state index >= 15 is 0 Å². The van der Waals surface area contributed by atoms with Crippen LogP contribution in [0.5, 0.6) is 0 Å². The zero-order chi connectivity index (χ0) is 16.0. The molecule has 1 fully saturated rings. The van der Waals surface area contributed by atoms with Crippen molar-refractivity contribution < 1.29 is 19.4 Å². The Labute approximate surface area is 130 Å².